The molecule has 0 fully saturated rings. The van der Waals surface area contributed by atoms with E-state index in [-0.39, 0.29) is 96.4 Å². The van der Waals surface area contributed by atoms with Crippen molar-refractivity contribution < 1.29 is 33.7 Å². The third-order valence-corrected chi connectivity index (χ3v) is 23.2. The normalized spacial score (nSPS) is 15.1. The van der Waals surface area contributed by atoms with Gasteiger partial charge in [0.05, 0.1) is 0 Å². The predicted molar refractivity (Wildman–Crippen MR) is 363 cm³/mol. The number of anilines is 8. The van der Waals surface area contributed by atoms with E-state index in [4.69, 9.17) is 0 Å². The molecule has 0 aliphatic carbocycles. The molecule has 8 aromatic rings. The zero-order valence-electron chi connectivity index (χ0n) is 52.4. The molecule has 8 N–H and O–H groups in total. The molecule has 0 radical (unpaired) electrons. The molecule has 1 aliphatic heterocycles. The molecule has 4 unspecified atom stereocenters. The lowest BCUT2D eigenvalue weighted by atomic mass is 10.00. The number of nitrogens with one attached hydrogen (secondary N) is 8. The first-order valence-electron chi connectivity index (χ1n) is 31.9. The van der Waals surface area contributed by atoms with Crippen molar-refractivity contribution in [2.45, 2.75) is 158 Å². The Hall–Kier alpha value is -6.12. The van der Waals surface area contributed by atoms with E-state index in [1.165, 1.54) is 0 Å². The maximum absolute atomic E-state index is 16.0. The number of hydrogen-bond acceptors (Lipinski definition) is 8. The fourth-order valence-electron chi connectivity index (χ4n) is 12.2. The SMILES string of the molecule is CCCCC(CC)CNS(=O)(=O)N1c2[nH]c(c3ccccc23)N(S(=O)(=O)NCC(CC)CCCC)c2[nH]c(c3ccccc23)N(S(=O)(=O)NCC(CC)CCCC)c2[nH]c(c3ccccc23)N(S(=O)(=O)NCC(CC)CCCC)c2[nH]c1c1ccccc21. The van der Waals surface area contributed by atoms with Crippen molar-refractivity contribution in [3.05, 3.63) is 97.1 Å². The quantitative estimate of drug-likeness (QED) is 0.0201. The fourth-order valence-corrected chi connectivity index (χ4v) is 17.6. The number of nitrogens with zero attached hydrogens (tertiary/aromatic N) is 4. The van der Waals surface area contributed by atoms with Crippen LogP contribution in [-0.4, -0.2) is 79.8 Å². The number of aromatic amines is 4. The Kier molecular flexibility index (Phi) is 21.7. The smallest absolute Gasteiger partial charge is 0.308 e. The maximum Gasteiger partial charge on any atom is 0.308 e. The summed E-state index contributed by atoms with van der Waals surface area (Å²) in [4.78, 5) is 13.5. The van der Waals surface area contributed by atoms with Crippen LogP contribution >= 0.6 is 0 Å². The van der Waals surface area contributed by atoms with Crippen LogP contribution in [0.15, 0.2) is 97.1 Å². The fraction of sp³-hybridized carbons (Fsp3) is 0.500. The van der Waals surface area contributed by atoms with Gasteiger partial charge in [0.25, 0.3) is 0 Å². The number of benzene rings is 4. The molecule has 0 saturated carbocycles. The van der Waals surface area contributed by atoms with E-state index in [9.17, 15) is 0 Å². The number of fused-ring (bicyclic) bond motifs is 20. The maximum atomic E-state index is 16.0. The zero-order valence-corrected chi connectivity index (χ0v) is 55.6. The van der Waals surface area contributed by atoms with Gasteiger partial charge in [0, 0.05) is 69.3 Å². The molecule has 480 valence electrons. The van der Waals surface area contributed by atoms with Crippen molar-refractivity contribution in [1.29, 1.82) is 0 Å². The lowest BCUT2D eigenvalue weighted by Gasteiger charge is -2.27. The van der Waals surface area contributed by atoms with E-state index in [1.807, 2.05) is 27.7 Å². The van der Waals surface area contributed by atoms with Gasteiger partial charge in [-0.15, -0.1) is 0 Å². The molecule has 4 atom stereocenters. The Labute approximate surface area is 522 Å². The van der Waals surface area contributed by atoms with Gasteiger partial charge < -0.3 is 19.9 Å². The van der Waals surface area contributed by atoms with E-state index >= 15 is 33.7 Å². The highest BCUT2D eigenvalue weighted by atomic mass is 32.2. The van der Waals surface area contributed by atoms with Crippen molar-refractivity contribution in [1.82, 2.24) is 38.8 Å². The summed E-state index contributed by atoms with van der Waals surface area (Å²) in [6.07, 6.45) is 13.0. The summed E-state index contributed by atoms with van der Waals surface area (Å²) in [5.41, 5.74) is 0. The third-order valence-electron chi connectivity index (χ3n) is 17.7. The van der Waals surface area contributed by atoms with Gasteiger partial charge in [0.1, 0.15) is 46.5 Å². The first kappa shape index (κ1) is 66.3. The molecule has 4 aromatic carbocycles. The number of hydrogen-bond donors (Lipinski definition) is 8. The molecule has 5 heterocycles. The van der Waals surface area contributed by atoms with E-state index in [0.29, 0.717) is 68.8 Å². The number of rotatable bonds is 32. The second-order valence-corrected chi connectivity index (χ2v) is 30.0. The van der Waals surface area contributed by atoms with Crippen molar-refractivity contribution in [2.75, 3.05) is 43.4 Å². The Morgan fingerprint density at radius 3 is 0.591 bits per heavy atom. The van der Waals surface area contributed by atoms with Crippen LogP contribution in [0.5, 0.6) is 0 Å². The first-order chi connectivity index (χ1) is 42.3. The molecule has 4 aromatic heterocycles. The standard InChI is InChI=1S/C64H92N12O8S4/c1-9-17-29-45(13-5)41-65-85(77,78)73-57-49-33-21-23-35-51(49)59(69-57)74(86(79,80)66-42-46(14-6)30-18-10-2)61-53-37-25-27-39-55(53)63(71-61)76(88(83,84)68-44-48(16-8)32-20-12-4)64-56-40-28-26-38-54(56)62(72-64)75(60-52-36-24-22-34-50(52)58(73)70-60)87(81,82)67-43-47(15-7)31-19-11-3/h21-28,33-40,45-48,65-72H,9-20,29-32,41-44H2,1-8H3. The third kappa shape index (κ3) is 13.8. The summed E-state index contributed by atoms with van der Waals surface area (Å²) < 4.78 is 144. The molecule has 1 aliphatic rings. The largest absolute Gasteiger partial charge is 0.325 e. The molecule has 9 rings (SSSR count). The monoisotopic (exact) mass is 1280 g/mol. The van der Waals surface area contributed by atoms with E-state index in [2.05, 4.69) is 66.5 Å². The Bertz CT molecular complexity index is 3440. The minimum Gasteiger partial charge on any atom is -0.325 e. The van der Waals surface area contributed by atoms with Crippen molar-refractivity contribution in [3.8, 4) is 0 Å². The van der Waals surface area contributed by atoms with Crippen LogP contribution in [0.2, 0.25) is 0 Å². The second kappa shape index (κ2) is 28.8. The van der Waals surface area contributed by atoms with Gasteiger partial charge >= 0.3 is 40.8 Å². The molecular weight excluding hydrogens is 1190 g/mol. The lowest BCUT2D eigenvalue weighted by Crippen LogP contribution is -2.42. The van der Waals surface area contributed by atoms with Crippen LogP contribution in [-0.2, 0) is 40.8 Å². The number of H-pyrrole nitrogens is 4. The molecular formula is C64H92N12O8S4. The van der Waals surface area contributed by atoms with Crippen molar-refractivity contribution in [3.63, 3.8) is 0 Å². The predicted octanol–water partition coefficient (Wildman–Crippen LogP) is 14.7. The summed E-state index contributed by atoms with van der Waals surface area (Å²) in [5, 5.41) is 2.34. The van der Waals surface area contributed by atoms with Gasteiger partial charge in [-0.2, -0.15) is 69.8 Å². The summed E-state index contributed by atoms with van der Waals surface area (Å²) in [6, 6.07) is 27.5. The summed E-state index contributed by atoms with van der Waals surface area (Å²) in [7, 11) is -19.1. The topological polar surface area (TPSA) is 261 Å². The van der Waals surface area contributed by atoms with Gasteiger partial charge in [0.15, 0.2) is 0 Å². The molecule has 0 saturated heterocycles. The van der Waals surface area contributed by atoms with Crippen LogP contribution in [0.25, 0.3) is 43.1 Å². The minimum absolute atomic E-state index is 0.0422. The van der Waals surface area contributed by atoms with Gasteiger partial charge in [-0.25, -0.2) is 0 Å². The van der Waals surface area contributed by atoms with Gasteiger partial charge in [-0.1, -0.05) is 230 Å². The van der Waals surface area contributed by atoms with Crippen molar-refractivity contribution in [2.24, 2.45) is 23.7 Å². The number of unbranched alkanes of at least 4 members (excludes halogenated alkanes) is 4. The average Bonchev–Trinajstić information content (AvgIpc) is 2.21. The van der Waals surface area contributed by atoms with E-state index in [0.717, 1.165) is 94.3 Å². The average molecular weight is 1290 g/mol. The molecule has 0 spiro atoms. The van der Waals surface area contributed by atoms with Crippen LogP contribution in [0.4, 0.5) is 46.5 Å². The molecule has 20 nitrogen and oxygen atoms in total. The van der Waals surface area contributed by atoms with Crippen LogP contribution < -0.4 is 36.1 Å². The highest BCUT2D eigenvalue weighted by Gasteiger charge is 2.42. The van der Waals surface area contributed by atoms with Gasteiger partial charge in [-0.3, -0.25) is 0 Å². The molecule has 88 heavy (non-hydrogen) atoms. The highest BCUT2D eigenvalue weighted by Crippen LogP contribution is 2.51. The van der Waals surface area contributed by atoms with E-state index in [1.54, 1.807) is 97.1 Å². The molecule has 0 amide bonds. The Balaban J connectivity index is 1.44. The van der Waals surface area contributed by atoms with Crippen LogP contribution in [0, 0.1) is 23.7 Å². The Morgan fingerprint density at radius 2 is 0.455 bits per heavy atom. The summed E-state index contributed by atoms with van der Waals surface area (Å²) in [6.45, 7) is 16.7. The highest BCUT2D eigenvalue weighted by molar-refractivity contribution is 7.92. The van der Waals surface area contributed by atoms with Gasteiger partial charge in [0.2, 0.25) is 0 Å². The van der Waals surface area contributed by atoms with Crippen LogP contribution in [0.1, 0.15) is 158 Å². The van der Waals surface area contributed by atoms with Crippen LogP contribution in [0.3, 0.4) is 0 Å². The van der Waals surface area contributed by atoms with E-state index < -0.39 is 40.8 Å². The number of aromatic nitrogens is 4. The van der Waals surface area contributed by atoms with Crippen molar-refractivity contribution >= 4 is 130 Å². The second-order valence-electron chi connectivity index (χ2n) is 23.6. The molecule has 8 bridgehead atoms. The Morgan fingerprint density at radius 1 is 0.295 bits per heavy atom. The summed E-state index contributed by atoms with van der Waals surface area (Å²) in [5.74, 6) is -0.726. The van der Waals surface area contributed by atoms with Gasteiger partial charge in [-0.05, 0) is 49.4 Å². The summed E-state index contributed by atoms with van der Waals surface area (Å²) >= 11 is 0. The first-order valence-corrected chi connectivity index (χ1v) is 37.7. The molecule has 24 heteroatoms. The minimum atomic E-state index is -4.76. The zero-order chi connectivity index (χ0) is 63.0. The lowest BCUT2D eigenvalue weighted by molar-refractivity contribution is 0.443.